The van der Waals surface area contributed by atoms with E-state index in [0.29, 0.717) is 17.5 Å². The Morgan fingerprint density at radius 2 is 2.11 bits per heavy atom. The summed E-state index contributed by atoms with van der Waals surface area (Å²) in [6, 6.07) is 5.93. The van der Waals surface area contributed by atoms with E-state index in [0.717, 1.165) is 25.9 Å². The van der Waals surface area contributed by atoms with E-state index < -0.39 is 4.92 Å². The van der Waals surface area contributed by atoms with Crippen LogP contribution in [0.4, 0.5) is 11.4 Å². The van der Waals surface area contributed by atoms with Gasteiger partial charge in [0, 0.05) is 29.7 Å². The highest BCUT2D eigenvalue weighted by molar-refractivity contribution is 5.92. The molecule has 1 aliphatic rings. The molecule has 1 aliphatic heterocycles. The molecule has 0 spiro atoms. The second kappa shape index (κ2) is 8.26. The van der Waals surface area contributed by atoms with E-state index >= 15 is 0 Å². The van der Waals surface area contributed by atoms with Gasteiger partial charge in [-0.3, -0.25) is 19.8 Å². The summed E-state index contributed by atoms with van der Waals surface area (Å²) in [4.78, 5) is 24.6. The third kappa shape index (κ3) is 4.88. The number of rotatable bonds is 6. The molecule has 1 aromatic carbocycles. The van der Waals surface area contributed by atoms with Crippen LogP contribution in [0.2, 0.25) is 0 Å². The molecule has 9 nitrogen and oxygen atoms in total. The van der Waals surface area contributed by atoms with Crippen molar-refractivity contribution in [3.63, 3.8) is 0 Å². The van der Waals surface area contributed by atoms with Crippen molar-refractivity contribution in [3.8, 4) is 0 Å². The number of non-ortho nitro benzene ring substituents is 1. The molecule has 0 unspecified atom stereocenters. The van der Waals surface area contributed by atoms with Crippen LogP contribution in [0.25, 0.3) is 0 Å². The molecule has 0 atom stereocenters. The summed E-state index contributed by atoms with van der Waals surface area (Å²) in [5, 5.41) is 21.8. The van der Waals surface area contributed by atoms with E-state index in [1.54, 1.807) is 12.1 Å². The maximum absolute atomic E-state index is 12.2. The Balaban J connectivity index is 1.49. The normalized spacial score (nSPS) is 15.8. The standard InChI is InChI=1S/C18H23N5O4/c1-12(2)17-20-21-18(27-17)13-6-8-22(9-7-13)11-16(24)19-14-4-3-5-15(10-14)23(25)26/h3-5,10,12-13H,6-9,11H2,1-2H3,(H,19,24). The number of carbonyl (C=O) groups is 1. The molecule has 0 bridgehead atoms. The minimum atomic E-state index is -0.483. The Bertz CT molecular complexity index is 812. The van der Waals surface area contributed by atoms with E-state index in [9.17, 15) is 14.9 Å². The summed E-state index contributed by atoms with van der Waals surface area (Å²) in [5.41, 5.74) is 0.380. The quantitative estimate of drug-likeness (QED) is 0.611. The van der Waals surface area contributed by atoms with Gasteiger partial charge in [-0.2, -0.15) is 0 Å². The molecular weight excluding hydrogens is 350 g/mol. The third-order valence-electron chi connectivity index (χ3n) is 4.59. The highest BCUT2D eigenvalue weighted by atomic mass is 16.6. The third-order valence-corrected chi connectivity index (χ3v) is 4.59. The van der Waals surface area contributed by atoms with Crippen molar-refractivity contribution in [2.75, 3.05) is 25.0 Å². The fourth-order valence-electron chi connectivity index (χ4n) is 3.08. The van der Waals surface area contributed by atoms with E-state index in [1.165, 1.54) is 12.1 Å². The van der Waals surface area contributed by atoms with E-state index in [2.05, 4.69) is 20.4 Å². The topological polar surface area (TPSA) is 114 Å². The summed E-state index contributed by atoms with van der Waals surface area (Å²) in [6.07, 6.45) is 1.70. The van der Waals surface area contributed by atoms with Crippen LogP contribution in [-0.4, -0.2) is 45.6 Å². The zero-order chi connectivity index (χ0) is 19.4. The van der Waals surface area contributed by atoms with Crippen LogP contribution in [0, 0.1) is 10.1 Å². The maximum Gasteiger partial charge on any atom is 0.271 e. The Morgan fingerprint density at radius 3 is 2.74 bits per heavy atom. The molecular formula is C18H23N5O4. The second-order valence-electron chi connectivity index (χ2n) is 7.04. The van der Waals surface area contributed by atoms with Gasteiger partial charge in [0.2, 0.25) is 17.7 Å². The van der Waals surface area contributed by atoms with Gasteiger partial charge in [0.25, 0.3) is 5.69 Å². The monoisotopic (exact) mass is 373 g/mol. The first kappa shape index (κ1) is 19.0. The number of likely N-dealkylation sites (tertiary alicyclic amines) is 1. The van der Waals surface area contributed by atoms with Gasteiger partial charge < -0.3 is 9.73 Å². The lowest BCUT2D eigenvalue weighted by atomic mass is 9.97. The first-order chi connectivity index (χ1) is 12.9. The molecule has 2 aromatic rings. The van der Waals surface area contributed by atoms with Gasteiger partial charge in [0.15, 0.2) is 0 Å². The first-order valence-corrected chi connectivity index (χ1v) is 9.02. The van der Waals surface area contributed by atoms with Crippen molar-refractivity contribution in [1.29, 1.82) is 0 Å². The van der Waals surface area contributed by atoms with Crippen molar-refractivity contribution < 1.29 is 14.1 Å². The van der Waals surface area contributed by atoms with Crippen LogP contribution in [-0.2, 0) is 4.79 Å². The molecule has 27 heavy (non-hydrogen) atoms. The lowest BCUT2D eigenvalue weighted by Gasteiger charge is -2.29. The van der Waals surface area contributed by atoms with Gasteiger partial charge in [0.05, 0.1) is 11.5 Å². The fourth-order valence-corrected chi connectivity index (χ4v) is 3.08. The summed E-state index contributed by atoms with van der Waals surface area (Å²) >= 11 is 0. The number of nitro benzene ring substituents is 1. The van der Waals surface area contributed by atoms with Crippen molar-refractivity contribution in [2.24, 2.45) is 0 Å². The second-order valence-corrected chi connectivity index (χ2v) is 7.04. The zero-order valence-corrected chi connectivity index (χ0v) is 15.4. The molecule has 0 saturated carbocycles. The van der Waals surface area contributed by atoms with E-state index in [-0.39, 0.29) is 30.0 Å². The number of hydrogen-bond donors (Lipinski definition) is 1. The summed E-state index contributed by atoms with van der Waals surface area (Å²) in [6.45, 7) is 5.79. The van der Waals surface area contributed by atoms with Gasteiger partial charge in [0.1, 0.15) is 0 Å². The van der Waals surface area contributed by atoms with Crippen LogP contribution in [0.3, 0.4) is 0 Å². The number of nitrogens with one attached hydrogen (secondary N) is 1. The number of nitro groups is 1. The SMILES string of the molecule is CC(C)c1nnc(C2CCN(CC(=O)Nc3cccc([N+](=O)[O-])c3)CC2)o1. The van der Waals surface area contributed by atoms with Crippen LogP contribution in [0.15, 0.2) is 28.7 Å². The van der Waals surface area contributed by atoms with E-state index in [1.807, 2.05) is 13.8 Å². The van der Waals surface area contributed by atoms with Crippen LogP contribution < -0.4 is 5.32 Å². The Kier molecular flexibility index (Phi) is 5.80. The van der Waals surface area contributed by atoms with Crippen LogP contribution >= 0.6 is 0 Å². The summed E-state index contributed by atoms with van der Waals surface area (Å²) < 4.78 is 5.74. The van der Waals surface area contributed by atoms with Gasteiger partial charge in [-0.25, -0.2) is 0 Å². The van der Waals surface area contributed by atoms with Gasteiger partial charge >= 0.3 is 0 Å². The molecule has 144 valence electrons. The predicted molar refractivity (Wildman–Crippen MR) is 98.5 cm³/mol. The molecule has 1 amide bonds. The summed E-state index contributed by atoms with van der Waals surface area (Å²) in [7, 11) is 0. The number of amides is 1. The van der Waals surface area contributed by atoms with E-state index in [4.69, 9.17) is 4.42 Å². The molecule has 9 heteroatoms. The average Bonchev–Trinajstić information content (AvgIpc) is 3.13. The number of carbonyl (C=O) groups excluding carboxylic acids is 1. The molecule has 3 rings (SSSR count). The Morgan fingerprint density at radius 1 is 1.37 bits per heavy atom. The molecule has 1 aromatic heterocycles. The number of piperidine rings is 1. The Hall–Kier alpha value is -2.81. The number of benzene rings is 1. The van der Waals surface area contributed by atoms with Crippen molar-refractivity contribution in [1.82, 2.24) is 15.1 Å². The van der Waals surface area contributed by atoms with Gasteiger partial charge in [-0.15, -0.1) is 10.2 Å². The van der Waals surface area contributed by atoms with Crippen LogP contribution in [0.5, 0.6) is 0 Å². The average molecular weight is 373 g/mol. The first-order valence-electron chi connectivity index (χ1n) is 9.02. The van der Waals surface area contributed by atoms with Gasteiger partial charge in [-0.05, 0) is 32.0 Å². The van der Waals surface area contributed by atoms with Crippen molar-refractivity contribution in [3.05, 3.63) is 46.2 Å². The molecule has 1 N–H and O–H groups in total. The smallest absolute Gasteiger partial charge is 0.271 e. The summed E-state index contributed by atoms with van der Waals surface area (Å²) in [5.74, 6) is 1.59. The molecule has 2 heterocycles. The molecule has 1 fully saturated rings. The lowest BCUT2D eigenvalue weighted by molar-refractivity contribution is -0.384. The highest BCUT2D eigenvalue weighted by Gasteiger charge is 2.26. The molecule has 0 aliphatic carbocycles. The minimum absolute atomic E-state index is 0.0473. The predicted octanol–water partition coefficient (Wildman–Crippen LogP) is 2.92. The number of nitrogens with zero attached hydrogens (tertiary/aromatic N) is 4. The minimum Gasteiger partial charge on any atom is -0.425 e. The number of hydrogen-bond acceptors (Lipinski definition) is 7. The molecule has 0 radical (unpaired) electrons. The highest BCUT2D eigenvalue weighted by Crippen LogP contribution is 2.28. The number of anilines is 1. The maximum atomic E-state index is 12.2. The molecule has 1 saturated heterocycles. The van der Waals surface area contributed by atoms with Gasteiger partial charge in [-0.1, -0.05) is 19.9 Å². The fraction of sp³-hybridized carbons (Fsp3) is 0.500. The van der Waals surface area contributed by atoms with Crippen molar-refractivity contribution in [2.45, 2.75) is 38.5 Å². The number of aromatic nitrogens is 2. The van der Waals surface area contributed by atoms with Crippen LogP contribution in [0.1, 0.15) is 50.3 Å². The largest absolute Gasteiger partial charge is 0.425 e. The van der Waals surface area contributed by atoms with Crippen molar-refractivity contribution >= 4 is 17.3 Å². The Labute approximate surface area is 156 Å². The lowest BCUT2D eigenvalue weighted by Crippen LogP contribution is -2.38. The zero-order valence-electron chi connectivity index (χ0n) is 15.4.